The Morgan fingerprint density at radius 3 is 2.43 bits per heavy atom. The minimum atomic E-state index is -0.123. The second-order valence-corrected chi connectivity index (χ2v) is 15.1. The molecule has 2 unspecified atom stereocenters. The zero-order chi connectivity index (χ0) is 25.4. The number of allylic oxidation sites excluding steroid dienone is 1. The van der Waals surface area contributed by atoms with Gasteiger partial charge in [0.05, 0.1) is 6.10 Å². The Morgan fingerprint density at radius 1 is 0.971 bits per heavy atom. The van der Waals surface area contributed by atoms with Gasteiger partial charge in [0, 0.05) is 11.2 Å². The molecule has 0 saturated heterocycles. The molecular formula is C33H57BrO. The summed E-state index contributed by atoms with van der Waals surface area (Å²) in [5.74, 6) is 6.37. The van der Waals surface area contributed by atoms with Gasteiger partial charge in [0.15, 0.2) is 0 Å². The topological polar surface area (TPSA) is 20.2 Å². The molecule has 0 amide bonds. The summed E-state index contributed by atoms with van der Waals surface area (Å²) in [6.07, 6.45) is 19.9. The zero-order valence-corrected chi connectivity index (χ0v) is 25.6. The third kappa shape index (κ3) is 5.24. The van der Waals surface area contributed by atoms with E-state index < -0.39 is 0 Å². The van der Waals surface area contributed by atoms with E-state index in [2.05, 4.69) is 63.5 Å². The second-order valence-electron chi connectivity index (χ2n) is 14.4. The number of halogens is 1. The first-order chi connectivity index (χ1) is 16.7. The third-order valence-electron chi connectivity index (χ3n) is 12.2. The van der Waals surface area contributed by atoms with Crippen LogP contribution in [0, 0.1) is 58.2 Å². The first-order valence-corrected chi connectivity index (χ1v) is 16.7. The van der Waals surface area contributed by atoms with Crippen molar-refractivity contribution in [2.75, 3.05) is 5.33 Å². The Bertz CT molecular complexity index is 729. The molecule has 0 aromatic heterocycles. The van der Waals surface area contributed by atoms with Gasteiger partial charge >= 0.3 is 0 Å². The lowest BCUT2D eigenvalue weighted by atomic mass is 9.45. The Labute approximate surface area is 226 Å². The van der Waals surface area contributed by atoms with Crippen molar-refractivity contribution >= 4 is 15.9 Å². The Balaban J connectivity index is 1.54. The van der Waals surface area contributed by atoms with Crippen LogP contribution < -0.4 is 0 Å². The fourth-order valence-corrected chi connectivity index (χ4v) is 10.7. The van der Waals surface area contributed by atoms with E-state index in [0.29, 0.717) is 22.7 Å². The van der Waals surface area contributed by atoms with E-state index in [-0.39, 0.29) is 6.10 Å². The Morgan fingerprint density at radius 2 is 1.74 bits per heavy atom. The average Bonchev–Trinajstić information content (AvgIpc) is 3.18. The Kier molecular flexibility index (Phi) is 9.27. The molecule has 0 bridgehead atoms. The zero-order valence-electron chi connectivity index (χ0n) is 24.0. The van der Waals surface area contributed by atoms with Crippen molar-refractivity contribution in [2.45, 2.75) is 131 Å². The normalized spacial score (nSPS) is 42.7. The van der Waals surface area contributed by atoms with Crippen LogP contribution in [0.5, 0.6) is 0 Å². The van der Waals surface area contributed by atoms with Gasteiger partial charge in [0.2, 0.25) is 0 Å². The molecule has 1 nitrogen and oxygen atoms in total. The fourth-order valence-electron chi connectivity index (χ4n) is 10.4. The largest absolute Gasteiger partial charge is 0.392 e. The summed E-state index contributed by atoms with van der Waals surface area (Å²) in [5, 5.41) is 12.3. The van der Waals surface area contributed by atoms with Gasteiger partial charge in [-0.1, -0.05) is 94.8 Å². The van der Waals surface area contributed by atoms with Crippen LogP contribution >= 0.6 is 15.9 Å². The van der Waals surface area contributed by atoms with Crippen LogP contribution in [0.2, 0.25) is 0 Å². The van der Waals surface area contributed by atoms with Gasteiger partial charge in [-0.05, 0) is 110 Å². The quantitative estimate of drug-likeness (QED) is 0.212. The van der Waals surface area contributed by atoms with Crippen molar-refractivity contribution in [3.05, 3.63) is 11.6 Å². The van der Waals surface area contributed by atoms with Crippen LogP contribution in [-0.4, -0.2) is 16.5 Å². The summed E-state index contributed by atoms with van der Waals surface area (Å²) >= 11 is 3.66. The molecule has 202 valence electrons. The van der Waals surface area contributed by atoms with Crippen molar-refractivity contribution in [1.29, 1.82) is 0 Å². The van der Waals surface area contributed by atoms with Crippen LogP contribution in [0.15, 0.2) is 11.6 Å². The maximum Gasteiger partial charge on any atom is 0.0608 e. The van der Waals surface area contributed by atoms with Gasteiger partial charge in [-0.15, -0.1) is 0 Å². The summed E-state index contributed by atoms with van der Waals surface area (Å²) in [6.45, 7) is 15.1. The van der Waals surface area contributed by atoms with Gasteiger partial charge in [0.1, 0.15) is 0 Å². The molecule has 10 atom stereocenters. The van der Waals surface area contributed by atoms with Crippen LogP contribution in [-0.2, 0) is 0 Å². The van der Waals surface area contributed by atoms with Crippen LogP contribution in [0.1, 0.15) is 125 Å². The van der Waals surface area contributed by atoms with Gasteiger partial charge in [0.25, 0.3) is 0 Å². The third-order valence-corrected chi connectivity index (χ3v) is 12.8. The van der Waals surface area contributed by atoms with Crippen LogP contribution in [0.4, 0.5) is 0 Å². The molecule has 4 aliphatic rings. The van der Waals surface area contributed by atoms with Gasteiger partial charge in [-0.2, -0.15) is 0 Å². The molecule has 0 heterocycles. The minimum Gasteiger partial charge on any atom is -0.392 e. The molecule has 0 aromatic carbocycles. The molecule has 0 spiro atoms. The smallest absolute Gasteiger partial charge is 0.0608 e. The summed E-state index contributed by atoms with van der Waals surface area (Å²) in [7, 11) is 0. The molecule has 3 fully saturated rings. The number of aliphatic hydroxyl groups is 1. The van der Waals surface area contributed by atoms with E-state index in [4.69, 9.17) is 0 Å². The summed E-state index contributed by atoms with van der Waals surface area (Å²) in [6, 6.07) is 0. The number of fused-ring (bicyclic) bond motifs is 5. The minimum absolute atomic E-state index is 0.123. The lowest BCUT2D eigenvalue weighted by molar-refractivity contribution is -0.0717. The molecule has 3 saturated carbocycles. The summed E-state index contributed by atoms with van der Waals surface area (Å²) in [5.41, 5.74) is 2.59. The molecule has 0 radical (unpaired) electrons. The second kappa shape index (κ2) is 11.5. The van der Waals surface area contributed by atoms with Crippen molar-refractivity contribution in [1.82, 2.24) is 0 Å². The number of alkyl halides is 1. The van der Waals surface area contributed by atoms with Crippen molar-refractivity contribution in [3.63, 3.8) is 0 Å². The number of rotatable bonds is 10. The number of hydrogen-bond acceptors (Lipinski definition) is 1. The van der Waals surface area contributed by atoms with E-state index in [1.807, 2.05) is 0 Å². The molecule has 0 aliphatic heterocycles. The highest BCUT2D eigenvalue weighted by molar-refractivity contribution is 9.09. The molecule has 4 rings (SSSR count). The predicted octanol–water partition coefficient (Wildman–Crippen LogP) is 9.82. The van der Waals surface area contributed by atoms with E-state index in [1.54, 1.807) is 5.57 Å². The molecule has 35 heavy (non-hydrogen) atoms. The van der Waals surface area contributed by atoms with Crippen molar-refractivity contribution in [3.8, 4) is 0 Å². The maximum absolute atomic E-state index is 11.3. The predicted molar refractivity (Wildman–Crippen MR) is 155 cm³/mol. The molecule has 1 N–H and O–H groups in total. The summed E-state index contributed by atoms with van der Waals surface area (Å²) < 4.78 is 0. The Hall–Kier alpha value is 0.180. The first-order valence-electron chi connectivity index (χ1n) is 15.6. The molecule has 4 aliphatic carbocycles. The van der Waals surface area contributed by atoms with E-state index in [1.165, 1.54) is 77.0 Å². The first kappa shape index (κ1) is 28.2. The molecule has 2 heteroatoms. The average molecular weight is 550 g/mol. The molecule has 0 aromatic rings. The SMILES string of the molecule is CCC(CCCBr)C1C2=CC[C@H]3[C@@H]4CC[C@H]([C@H](C)CCCC(C)C)[C@@]4(C)CC[C@@H]3[C@@]2(C)CC[C@@H]1O. The number of aliphatic hydroxyl groups excluding tert-OH is 1. The highest BCUT2D eigenvalue weighted by atomic mass is 79.9. The highest BCUT2D eigenvalue weighted by Gasteiger charge is 2.60. The van der Waals surface area contributed by atoms with Gasteiger partial charge in [-0.3, -0.25) is 0 Å². The van der Waals surface area contributed by atoms with Crippen LogP contribution in [0.3, 0.4) is 0 Å². The lowest BCUT2D eigenvalue weighted by Crippen LogP contribution is -2.53. The number of hydrogen-bond donors (Lipinski definition) is 1. The lowest BCUT2D eigenvalue weighted by Gasteiger charge is -2.60. The summed E-state index contributed by atoms with van der Waals surface area (Å²) in [4.78, 5) is 0. The maximum atomic E-state index is 11.3. The monoisotopic (exact) mass is 548 g/mol. The molecular weight excluding hydrogens is 492 g/mol. The van der Waals surface area contributed by atoms with E-state index in [0.717, 1.165) is 47.3 Å². The van der Waals surface area contributed by atoms with Gasteiger partial charge < -0.3 is 5.11 Å². The van der Waals surface area contributed by atoms with Gasteiger partial charge in [-0.25, -0.2) is 0 Å². The van der Waals surface area contributed by atoms with Crippen LogP contribution in [0.25, 0.3) is 0 Å². The highest BCUT2D eigenvalue weighted by Crippen LogP contribution is 2.68. The fraction of sp³-hybridized carbons (Fsp3) is 0.939. The van der Waals surface area contributed by atoms with Crippen molar-refractivity contribution in [2.24, 2.45) is 58.2 Å². The standard InChI is InChI=1S/C33H57BrO/c1-7-24(12-9-21-34)31-29-14-13-25-27-16-15-26(23(4)11-8-10-22(2)3)32(27,5)19-17-28(25)33(29,6)20-18-30(31)35/h14,22-28,30-31,35H,7-13,15-21H2,1-6H3/t23-,24?,25+,26-,27+,28+,30+,31?,32-,33-/m1/s1. The van der Waals surface area contributed by atoms with E-state index in [9.17, 15) is 5.11 Å². The van der Waals surface area contributed by atoms with E-state index >= 15 is 0 Å². The van der Waals surface area contributed by atoms with Crippen molar-refractivity contribution < 1.29 is 5.11 Å².